The highest BCUT2D eigenvalue weighted by atomic mass is 35.5. The molecule has 0 aliphatic heterocycles. The Morgan fingerprint density at radius 1 is 1.06 bits per heavy atom. The predicted molar refractivity (Wildman–Crippen MR) is 72.5 cm³/mol. The molecule has 2 aromatic rings. The summed E-state index contributed by atoms with van der Waals surface area (Å²) in [5.74, 6) is 0.850. The fourth-order valence-corrected chi connectivity index (χ4v) is 2.04. The van der Waals surface area contributed by atoms with Crippen LogP contribution in [-0.2, 0) is 6.42 Å². The predicted octanol–water partition coefficient (Wildman–Crippen LogP) is 3.77. The molecule has 0 amide bonds. The van der Waals surface area contributed by atoms with Crippen LogP contribution in [0.5, 0.6) is 5.75 Å². The van der Waals surface area contributed by atoms with E-state index < -0.39 is 0 Å². The first kappa shape index (κ1) is 13.1. The summed E-state index contributed by atoms with van der Waals surface area (Å²) >= 11 is 12.0. The second-order valence-electron chi connectivity index (χ2n) is 3.69. The summed E-state index contributed by atoms with van der Waals surface area (Å²) in [5.41, 5.74) is 1.82. The van der Waals surface area contributed by atoms with Gasteiger partial charge in [0.1, 0.15) is 22.4 Å². The Morgan fingerprint density at radius 2 is 1.67 bits per heavy atom. The zero-order chi connectivity index (χ0) is 13.0. The molecule has 0 aliphatic carbocycles. The quantitative estimate of drug-likeness (QED) is 0.801. The highest BCUT2D eigenvalue weighted by molar-refractivity contribution is 6.34. The van der Waals surface area contributed by atoms with Gasteiger partial charge in [-0.1, -0.05) is 35.3 Å². The second kappa shape index (κ2) is 6.03. The smallest absolute Gasteiger partial charge is 0.137 e. The van der Waals surface area contributed by atoms with Crippen molar-refractivity contribution in [2.45, 2.75) is 13.3 Å². The number of halogens is 2. The number of aromatic nitrogens is 2. The van der Waals surface area contributed by atoms with Gasteiger partial charge in [0.2, 0.25) is 0 Å². The monoisotopic (exact) mass is 282 g/mol. The molecule has 0 spiro atoms. The Balaban J connectivity index is 2.18. The maximum atomic E-state index is 6.00. The van der Waals surface area contributed by atoms with E-state index in [4.69, 9.17) is 27.9 Å². The maximum absolute atomic E-state index is 6.00. The van der Waals surface area contributed by atoms with Gasteiger partial charge in [-0.25, -0.2) is 9.97 Å². The van der Waals surface area contributed by atoms with Gasteiger partial charge in [-0.3, -0.25) is 0 Å². The van der Waals surface area contributed by atoms with E-state index in [0.717, 1.165) is 16.9 Å². The molecule has 94 valence electrons. The number of nitrogens with zero attached hydrogens (tertiary/aromatic N) is 2. The molecule has 5 heteroatoms. The van der Waals surface area contributed by atoms with E-state index in [9.17, 15) is 0 Å². The summed E-state index contributed by atoms with van der Waals surface area (Å²) in [6.45, 7) is 2.61. The van der Waals surface area contributed by atoms with Gasteiger partial charge in [0.05, 0.1) is 6.61 Å². The summed E-state index contributed by atoms with van der Waals surface area (Å²) < 4.78 is 5.38. The molecule has 0 fully saturated rings. The fraction of sp³-hybridized carbons (Fsp3) is 0.231. The normalized spacial score (nSPS) is 10.4. The van der Waals surface area contributed by atoms with Crippen molar-refractivity contribution >= 4 is 23.2 Å². The molecule has 1 aromatic carbocycles. The van der Waals surface area contributed by atoms with Crippen LogP contribution in [0, 0.1) is 0 Å². The number of ether oxygens (including phenoxy) is 1. The molecule has 0 saturated carbocycles. The van der Waals surface area contributed by atoms with E-state index in [1.807, 2.05) is 31.2 Å². The largest absolute Gasteiger partial charge is 0.494 e. The standard InChI is InChI=1S/C13H12Cl2N2O/c1-2-18-10-5-3-9(4-6-10)7-11-12(14)16-8-17-13(11)15/h3-6,8H,2,7H2,1H3. The Labute approximate surface area is 116 Å². The summed E-state index contributed by atoms with van der Waals surface area (Å²) in [6.07, 6.45) is 1.96. The highest BCUT2D eigenvalue weighted by Crippen LogP contribution is 2.23. The van der Waals surface area contributed by atoms with E-state index in [1.165, 1.54) is 6.33 Å². The Morgan fingerprint density at radius 3 is 2.22 bits per heavy atom. The minimum absolute atomic E-state index is 0.392. The Hall–Kier alpha value is -1.32. The van der Waals surface area contributed by atoms with Crippen LogP contribution < -0.4 is 4.74 Å². The SMILES string of the molecule is CCOc1ccc(Cc2c(Cl)ncnc2Cl)cc1. The number of hydrogen-bond donors (Lipinski definition) is 0. The lowest BCUT2D eigenvalue weighted by Crippen LogP contribution is -1.96. The first-order chi connectivity index (χ1) is 8.70. The van der Waals surface area contributed by atoms with Crippen LogP contribution in [0.1, 0.15) is 18.1 Å². The van der Waals surface area contributed by atoms with Crippen molar-refractivity contribution in [1.29, 1.82) is 0 Å². The molecule has 0 aliphatic rings. The van der Waals surface area contributed by atoms with Gasteiger partial charge in [-0.05, 0) is 24.6 Å². The molecule has 0 bridgehead atoms. The van der Waals surface area contributed by atoms with E-state index in [2.05, 4.69) is 9.97 Å². The van der Waals surface area contributed by atoms with Crippen molar-refractivity contribution in [2.75, 3.05) is 6.61 Å². The molecule has 1 aromatic heterocycles. The molecule has 0 atom stereocenters. The number of rotatable bonds is 4. The molecule has 0 radical (unpaired) electrons. The lowest BCUT2D eigenvalue weighted by Gasteiger charge is -2.07. The zero-order valence-electron chi connectivity index (χ0n) is 9.86. The summed E-state index contributed by atoms with van der Waals surface area (Å²) in [7, 11) is 0. The van der Waals surface area contributed by atoms with Gasteiger partial charge >= 0.3 is 0 Å². The minimum Gasteiger partial charge on any atom is -0.494 e. The van der Waals surface area contributed by atoms with Gasteiger partial charge in [-0.15, -0.1) is 0 Å². The van der Waals surface area contributed by atoms with Gasteiger partial charge in [0.25, 0.3) is 0 Å². The molecule has 0 saturated heterocycles. The molecule has 1 heterocycles. The lowest BCUT2D eigenvalue weighted by molar-refractivity contribution is 0.340. The van der Waals surface area contributed by atoms with Gasteiger partial charge < -0.3 is 4.74 Å². The van der Waals surface area contributed by atoms with Crippen LogP contribution >= 0.6 is 23.2 Å². The van der Waals surface area contributed by atoms with Gasteiger partial charge in [0, 0.05) is 12.0 Å². The Bertz CT molecular complexity index is 509. The average Bonchev–Trinajstić information content (AvgIpc) is 2.36. The third kappa shape index (κ3) is 3.12. The van der Waals surface area contributed by atoms with Gasteiger partial charge in [0.15, 0.2) is 0 Å². The Kier molecular flexibility index (Phi) is 4.39. The third-order valence-corrected chi connectivity index (χ3v) is 3.11. The lowest BCUT2D eigenvalue weighted by atomic mass is 10.1. The zero-order valence-corrected chi connectivity index (χ0v) is 11.4. The molecular weight excluding hydrogens is 271 g/mol. The van der Waals surface area contributed by atoms with Crippen LogP contribution in [0.25, 0.3) is 0 Å². The van der Waals surface area contributed by atoms with Crippen molar-refractivity contribution in [2.24, 2.45) is 0 Å². The molecule has 0 unspecified atom stereocenters. The summed E-state index contributed by atoms with van der Waals surface area (Å²) in [4.78, 5) is 7.86. The third-order valence-electron chi connectivity index (χ3n) is 2.46. The molecule has 0 N–H and O–H groups in total. The average molecular weight is 283 g/mol. The van der Waals surface area contributed by atoms with E-state index in [0.29, 0.717) is 23.3 Å². The van der Waals surface area contributed by atoms with Crippen molar-refractivity contribution in [1.82, 2.24) is 9.97 Å². The number of hydrogen-bond acceptors (Lipinski definition) is 3. The van der Waals surface area contributed by atoms with Crippen molar-refractivity contribution in [3.63, 3.8) is 0 Å². The van der Waals surface area contributed by atoms with E-state index in [1.54, 1.807) is 0 Å². The molecule has 3 nitrogen and oxygen atoms in total. The first-order valence-electron chi connectivity index (χ1n) is 5.57. The van der Waals surface area contributed by atoms with Crippen molar-refractivity contribution < 1.29 is 4.74 Å². The van der Waals surface area contributed by atoms with Crippen LogP contribution in [-0.4, -0.2) is 16.6 Å². The number of benzene rings is 1. The summed E-state index contributed by atoms with van der Waals surface area (Å²) in [5, 5.41) is 0.785. The van der Waals surface area contributed by atoms with Crippen LogP contribution in [0.4, 0.5) is 0 Å². The van der Waals surface area contributed by atoms with Crippen LogP contribution in [0.3, 0.4) is 0 Å². The second-order valence-corrected chi connectivity index (χ2v) is 4.40. The fourth-order valence-electron chi connectivity index (χ4n) is 1.59. The summed E-state index contributed by atoms with van der Waals surface area (Å²) in [6, 6.07) is 7.80. The maximum Gasteiger partial charge on any atom is 0.137 e. The molecule has 18 heavy (non-hydrogen) atoms. The minimum atomic E-state index is 0.392. The van der Waals surface area contributed by atoms with Crippen molar-refractivity contribution in [3.05, 3.63) is 52.0 Å². The molecule has 2 rings (SSSR count). The van der Waals surface area contributed by atoms with E-state index >= 15 is 0 Å². The molecular formula is C13H12Cl2N2O. The highest BCUT2D eigenvalue weighted by Gasteiger charge is 2.08. The van der Waals surface area contributed by atoms with Crippen LogP contribution in [0.2, 0.25) is 10.3 Å². The van der Waals surface area contributed by atoms with Crippen LogP contribution in [0.15, 0.2) is 30.6 Å². The van der Waals surface area contributed by atoms with E-state index in [-0.39, 0.29) is 0 Å². The first-order valence-corrected chi connectivity index (χ1v) is 6.33. The topological polar surface area (TPSA) is 35.0 Å². The van der Waals surface area contributed by atoms with Gasteiger partial charge in [-0.2, -0.15) is 0 Å². The van der Waals surface area contributed by atoms with Crippen molar-refractivity contribution in [3.8, 4) is 5.75 Å².